The number of aromatic nitrogens is 2. The van der Waals surface area contributed by atoms with E-state index in [9.17, 15) is 4.39 Å². The summed E-state index contributed by atoms with van der Waals surface area (Å²) in [5.74, 6) is 0.358. The van der Waals surface area contributed by atoms with Gasteiger partial charge in [0, 0.05) is 10.7 Å². The Morgan fingerprint density at radius 2 is 1.67 bits per heavy atom. The van der Waals surface area contributed by atoms with Gasteiger partial charge in [-0.3, -0.25) is 0 Å². The molecule has 0 amide bonds. The van der Waals surface area contributed by atoms with Crippen LogP contribution in [0.25, 0.3) is 0 Å². The Balaban J connectivity index is 1.89. The van der Waals surface area contributed by atoms with Crippen LogP contribution in [0.1, 0.15) is 5.56 Å². The van der Waals surface area contributed by atoms with E-state index < -0.39 is 5.82 Å². The van der Waals surface area contributed by atoms with E-state index in [1.165, 1.54) is 12.4 Å². The lowest BCUT2D eigenvalue weighted by Gasteiger charge is -2.14. The molecule has 0 saturated heterocycles. The van der Waals surface area contributed by atoms with E-state index in [0.717, 1.165) is 11.3 Å². The Labute approximate surface area is 143 Å². The molecule has 1 aromatic heterocycles. The van der Waals surface area contributed by atoms with Gasteiger partial charge in [0.25, 0.3) is 0 Å². The Bertz CT molecular complexity index is 885. The summed E-state index contributed by atoms with van der Waals surface area (Å²) >= 11 is 5.96. The topological polar surface area (TPSA) is 75.9 Å². The van der Waals surface area contributed by atoms with E-state index in [2.05, 4.69) is 20.6 Å². The quantitative estimate of drug-likeness (QED) is 0.643. The molecule has 3 rings (SSSR count). The van der Waals surface area contributed by atoms with Crippen LogP contribution < -0.4 is 16.4 Å². The van der Waals surface area contributed by atoms with E-state index in [-0.39, 0.29) is 11.4 Å². The minimum Gasteiger partial charge on any atom is -0.393 e. The SMILES string of the molecule is Cc1cc(Cl)ccc1Nc1ncnc(Nc2ccccc2F)c1N. The van der Waals surface area contributed by atoms with Crippen molar-refractivity contribution in [2.45, 2.75) is 6.92 Å². The maximum Gasteiger partial charge on any atom is 0.159 e. The van der Waals surface area contributed by atoms with Crippen LogP contribution in [0.4, 0.5) is 33.1 Å². The number of nitrogens with zero attached hydrogens (tertiary/aromatic N) is 2. The normalized spacial score (nSPS) is 10.5. The predicted octanol–water partition coefficient (Wildman–Crippen LogP) is 4.65. The van der Waals surface area contributed by atoms with Gasteiger partial charge in [0.2, 0.25) is 0 Å². The first kappa shape index (κ1) is 16.0. The second kappa shape index (κ2) is 6.72. The van der Waals surface area contributed by atoms with E-state index in [4.69, 9.17) is 17.3 Å². The van der Waals surface area contributed by atoms with Gasteiger partial charge in [-0.25, -0.2) is 14.4 Å². The van der Waals surface area contributed by atoms with E-state index in [1.54, 1.807) is 24.3 Å². The molecule has 0 aliphatic rings. The summed E-state index contributed by atoms with van der Waals surface area (Å²) in [5.41, 5.74) is 8.46. The summed E-state index contributed by atoms with van der Waals surface area (Å²) < 4.78 is 13.8. The van der Waals surface area contributed by atoms with Gasteiger partial charge in [-0.2, -0.15) is 0 Å². The fraction of sp³-hybridized carbons (Fsp3) is 0.0588. The largest absolute Gasteiger partial charge is 0.393 e. The number of hydrogen-bond acceptors (Lipinski definition) is 5. The van der Waals surface area contributed by atoms with Crippen molar-refractivity contribution in [2.75, 3.05) is 16.4 Å². The number of nitrogens with two attached hydrogens (primary N) is 1. The number of halogens is 2. The smallest absolute Gasteiger partial charge is 0.159 e. The predicted molar refractivity (Wildman–Crippen MR) is 95.6 cm³/mol. The highest BCUT2D eigenvalue weighted by atomic mass is 35.5. The summed E-state index contributed by atoms with van der Waals surface area (Å²) in [6, 6.07) is 11.7. The summed E-state index contributed by atoms with van der Waals surface area (Å²) in [6.07, 6.45) is 1.35. The van der Waals surface area contributed by atoms with Crippen molar-refractivity contribution in [1.82, 2.24) is 9.97 Å². The van der Waals surface area contributed by atoms with Gasteiger partial charge in [0.05, 0.1) is 5.69 Å². The second-order valence-corrected chi connectivity index (χ2v) is 5.61. The molecule has 3 aromatic rings. The number of nitrogen functional groups attached to an aromatic ring is 1. The molecule has 0 atom stereocenters. The van der Waals surface area contributed by atoms with Gasteiger partial charge >= 0.3 is 0 Å². The third kappa shape index (κ3) is 3.38. The molecule has 2 aromatic carbocycles. The molecule has 4 N–H and O–H groups in total. The highest BCUT2D eigenvalue weighted by Crippen LogP contribution is 2.30. The molecular formula is C17H15ClFN5. The van der Waals surface area contributed by atoms with Crippen molar-refractivity contribution in [1.29, 1.82) is 0 Å². The standard InChI is InChI=1S/C17H15ClFN5/c1-10-8-11(18)6-7-13(10)23-16-15(20)17(22-9-21-16)24-14-5-3-2-4-12(14)19/h2-9H,20H2,1H3,(H2,21,22,23,24). The van der Waals surface area contributed by atoms with Gasteiger partial charge in [0.1, 0.15) is 17.8 Å². The Morgan fingerprint density at radius 1 is 1.00 bits per heavy atom. The highest BCUT2D eigenvalue weighted by Gasteiger charge is 2.11. The maximum atomic E-state index is 13.8. The zero-order valence-corrected chi connectivity index (χ0v) is 13.6. The minimum atomic E-state index is -0.390. The Morgan fingerprint density at radius 3 is 2.33 bits per heavy atom. The molecule has 122 valence electrons. The molecule has 0 aliphatic heterocycles. The number of rotatable bonds is 4. The van der Waals surface area contributed by atoms with Crippen molar-refractivity contribution in [3.05, 3.63) is 65.2 Å². The maximum absolute atomic E-state index is 13.8. The Kier molecular flexibility index (Phi) is 4.48. The van der Waals surface area contributed by atoms with Crippen LogP contribution in [0.2, 0.25) is 5.02 Å². The molecule has 0 radical (unpaired) electrons. The van der Waals surface area contributed by atoms with Crippen LogP contribution in [0.15, 0.2) is 48.8 Å². The molecule has 0 spiro atoms. The van der Waals surface area contributed by atoms with Gasteiger partial charge in [-0.15, -0.1) is 0 Å². The van der Waals surface area contributed by atoms with Crippen molar-refractivity contribution >= 4 is 40.3 Å². The number of hydrogen-bond donors (Lipinski definition) is 3. The molecular weight excluding hydrogens is 329 g/mol. The highest BCUT2D eigenvalue weighted by molar-refractivity contribution is 6.30. The van der Waals surface area contributed by atoms with E-state index in [0.29, 0.717) is 16.7 Å². The second-order valence-electron chi connectivity index (χ2n) is 5.17. The van der Waals surface area contributed by atoms with Gasteiger partial charge in [0.15, 0.2) is 11.6 Å². The van der Waals surface area contributed by atoms with Gasteiger partial charge in [-0.05, 0) is 42.8 Å². The van der Waals surface area contributed by atoms with Crippen LogP contribution in [0, 0.1) is 12.7 Å². The number of para-hydroxylation sites is 1. The summed E-state index contributed by atoms with van der Waals surface area (Å²) in [6.45, 7) is 1.92. The molecule has 24 heavy (non-hydrogen) atoms. The van der Waals surface area contributed by atoms with Gasteiger partial charge < -0.3 is 16.4 Å². The first-order valence-corrected chi connectivity index (χ1v) is 7.57. The van der Waals surface area contributed by atoms with Crippen LogP contribution in [-0.4, -0.2) is 9.97 Å². The summed E-state index contributed by atoms with van der Waals surface area (Å²) in [5, 5.41) is 6.67. The number of benzene rings is 2. The zero-order chi connectivity index (χ0) is 17.1. The van der Waals surface area contributed by atoms with Crippen molar-refractivity contribution in [3.63, 3.8) is 0 Å². The van der Waals surface area contributed by atoms with Crippen molar-refractivity contribution < 1.29 is 4.39 Å². The van der Waals surface area contributed by atoms with Crippen LogP contribution >= 0.6 is 11.6 Å². The minimum absolute atomic E-state index is 0.287. The molecule has 1 heterocycles. The monoisotopic (exact) mass is 343 g/mol. The fourth-order valence-electron chi connectivity index (χ4n) is 2.18. The molecule has 7 heteroatoms. The molecule has 0 bridgehead atoms. The first-order valence-electron chi connectivity index (χ1n) is 7.20. The molecule has 0 aliphatic carbocycles. The third-order valence-corrected chi connectivity index (χ3v) is 3.69. The fourth-order valence-corrected chi connectivity index (χ4v) is 2.41. The van der Waals surface area contributed by atoms with E-state index in [1.807, 2.05) is 19.1 Å². The first-order chi connectivity index (χ1) is 11.5. The lowest BCUT2D eigenvalue weighted by atomic mass is 10.2. The van der Waals surface area contributed by atoms with Crippen molar-refractivity contribution in [3.8, 4) is 0 Å². The average molecular weight is 344 g/mol. The summed E-state index contributed by atoms with van der Waals surface area (Å²) in [4.78, 5) is 8.23. The molecule has 0 saturated carbocycles. The lowest BCUT2D eigenvalue weighted by molar-refractivity contribution is 0.632. The zero-order valence-electron chi connectivity index (χ0n) is 12.8. The summed E-state index contributed by atoms with van der Waals surface area (Å²) in [7, 11) is 0. The van der Waals surface area contributed by atoms with E-state index >= 15 is 0 Å². The lowest BCUT2D eigenvalue weighted by Crippen LogP contribution is -2.06. The molecule has 0 unspecified atom stereocenters. The Hall–Kier alpha value is -2.86. The van der Waals surface area contributed by atoms with Gasteiger partial charge in [-0.1, -0.05) is 23.7 Å². The molecule has 0 fully saturated rings. The third-order valence-electron chi connectivity index (χ3n) is 3.45. The van der Waals surface area contributed by atoms with Crippen molar-refractivity contribution in [2.24, 2.45) is 0 Å². The number of anilines is 5. The van der Waals surface area contributed by atoms with Crippen LogP contribution in [-0.2, 0) is 0 Å². The van der Waals surface area contributed by atoms with Crippen LogP contribution in [0.3, 0.4) is 0 Å². The average Bonchev–Trinajstić information content (AvgIpc) is 2.55. The number of nitrogens with one attached hydrogen (secondary N) is 2. The van der Waals surface area contributed by atoms with Crippen LogP contribution in [0.5, 0.6) is 0 Å². The molecule has 5 nitrogen and oxygen atoms in total. The number of aryl methyl sites for hydroxylation is 1.